The van der Waals surface area contributed by atoms with Gasteiger partial charge in [0.2, 0.25) is 0 Å². The number of carbonyl (C=O) groups excluding carboxylic acids is 2. The Kier molecular flexibility index (Phi) is 2.26. The van der Waals surface area contributed by atoms with Gasteiger partial charge in [-0.1, -0.05) is 12.2 Å². The van der Waals surface area contributed by atoms with Crippen molar-refractivity contribution in [3.05, 3.63) is 41.5 Å². The Hall–Kier alpha value is -2.10. The second kappa shape index (κ2) is 4.00. The molecule has 4 atom stereocenters. The van der Waals surface area contributed by atoms with Gasteiger partial charge in [-0.25, -0.2) is 0 Å². The standard InChI is InChI=1S/C18H18N2O2/c1-19-17(21)13-5-4-12(7-14(13)18(19)22)20-8-15-10-2-3-11(6-10)16(15)9-20/h2-5,7,10-11,15-16H,6,8-9H2,1H3. The third kappa shape index (κ3) is 1.42. The molecule has 4 unspecified atom stereocenters. The molecule has 2 heterocycles. The van der Waals surface area contributed by atoms with Crippen LogP contribution in [-0.4, -0.2) is 36.9 Å². The molecule has 0 radical (unpaired) electrons. The summed E-state index contributed by atoms with van der Waals surface area (Å²) in [5.41, 5.74) is 2.18. The molecular weight excluding hydrogens is 276 g/mol. The maximum absolute atomic E-state index is 12.2. The van der Waals surface area contributed by atoms with Crippen LogP contribution in [-0.2, 0) is 0 Å². The van der Waals surface area contributed by atoms with E-state index in [1.54, 1.807) is 7.05 Å². The van der Waals surface area contributed by atoms with Crippen LogP contribution in [0, 0.1) is 23.7 Å². The number of hydrogen-bond donors (Lipinski definition) is 0. The molecule has 22 heavy (non-hydrogen) atoms. The summed E-state index contributed by atoms with van der Waals surface area (Å²) in [5, 5.41) is 0. The third-order valence-electron chi connectivity index (χ3n) is 6.10. The first-order valence-electron chi connectivity index (χ1n) is 8.03. The molecule has 1 aromatic carbocycles. The first kappa shape index (κ1) is 12.4. The second-order valence-electron chi connectivity index (χ2n) is 7.08. The van der Waals surface area contributed by atoms with Crippen molar-refractivity contribution >= 4 is 17.5 Å². The molecule has 2 aliphatic carbocycles. The van der Waals surface area contributed by atoms with Crippen molar-refractivity contribution < 1.29 is 9.59 Å². The zero-order valence-electron chi connectivity index (χ0n) is 12.5. The summed E-state index contributed by atoms with van der Waals surface area (Å²) in [6.07, 6.45) is 6.13. The molecule has 4 aliphatic rings. The number of nitrogens with zero attached hydrogens (tertiary/aromatic N) is 2. The van der Waals surface area contributed by atoms with Crippen LogP contribution in [0.1, 0.15) is 27.1 Å². The predicted octanol–water partition coefficient (Wildman–Crippen LogP) is 2.17. The van der Waals surface area contributed by atoms with E-state index in [1.165, 1.54) is 11.3 Å². The van der Waals surface area contributed by atoms with E-state index in [2.05, 4.69) is 17.1 Å². The predicted molar refractivity (Wildman–Crippen MR) is 82.8 cm³/mol. The summed E-state index contributed by atoms with van der Waals surface area (Å²) in [6.45, 7) is 2.15. The molecule has 1 saturated heterocycles. The van der Waals surface area contributed by atoms with Gasteiger partial charge in [0.15, 0.2) is 0 Å². The lowest BCUT2D eigenvalue weighted by atomic mass is 9.86. The molecule has 2 amide bonds. The van der Waals surface area contributed by atoms with E-state index in [1.807, 2.05) is 18.2 Å². The van der Waals surface area contributed by atoms with Crippen LogP contribution in [0.15, 0.2) is 30.4 Å². The maximum atomic E-state index is 12.2. The van der Waals surface area contributed by atoms with Gasteiger partial charge in [0.1, 0.15) is 0 Å². The van der Waals surface area contributed by atoms with Gasteiger partial charge in [-0.2, -0.15) is 0 Å². The van der Waals surface area contributed by atoms with Crippen molar-refractivity contribution in [2.24, 2.45) is 23.7 Å². The molecular formula is C18H18N2O2. The summed E-state index contributed by atoms with van der Waals surface area (Å²) in [4.78, 5) is 27.7. The highest BCUT2D eigenvalue weighted by atomic mass is 16.2. The van der Waals surface area contributed by atoms with Crippen LogP contribution in [0.5, 0.6) is 0 Å². The van der Waals surface area contributed by atoms with Gasteiger partial charge in [0.05, 0.1) is 11.1 Å². The van der Waals surface area contributed by atoms with Crippen LogP contribution < -0.4 is 4.90 Å². The number of amides is 2. The zero-order valence-corrected chi connectivity index (χ0v) is 12.5. The number of rotatable bonds is 1. The van der Waals surface area contributed by atoms with Crippen LogP contribution >= 0.6 is 0 Å². The Morgan fingerprint density at radius 3 is 2.27 bits per heavy atom. The van der Waals surface area contributed by atoms with Crippen molar-refractivity contribution in [1.29, 1.82) is 0 Å². The van der Waals surface area contributed by atoms with E-state index in [0.717, 1.165) is 42.4 Å². The summed E-state index contributed by atoms with van der Waals surface area (Å²) in [5.74, 6) is 2.68. The largest absolute Gasteiger partial charge is 0.371 e. The SMILES string of the molecule is CN1C(=O)c2ccc(N3CC4C5C=CC(C5)C4C3)cc2C1=O. The Morgan fingerprint density at radius 2 is 1.59 bits per heavy atom. The van der Waals surface area contributed by atoms with E-state index in [4.69, 9.17) is 0 Å². The summed E-state index contributed by atoms with van der Waals surface area (Å²) >= 11 is 0. The van der Waals surface area contributed by atoms with Gasteiger partial charge in [0.25, 0.3) is 11.8 Å². The normalized spacial score (nSPS) is 34.8. The third-order valence-corrected chi connectivity index (χ3v) is 6.10. The van der Waals surface area contributed by atoms with Gasteiger partial charge in [-0.05, 0) is 48.3 Å². The zero-order chi connectivity index (χ0) is 15.0. The molecule has 1 saturated carbocycles. The van der Waals surface area contributed by atoms with E-state index in [9.17, 15) is 9.59 Å². The van der Waals surface area contributed by atoms with E-state index >= 15 is 0 Å². The van der Waals surface area contributed by atoms with Gasteiger partial charge in [-0.3, -0.25) is 14.5 Å². The van der Waals surface area contributed by atoms with Crippen molar-refractivity contribution in [2.75, 3.05) is 25.0 Å². The fraction of sp³-hybridized carbons (Fsp3) is 0.444. The average molecular weight is 294 g/mol. The lowest BCUT2D eigenvalue weighted by Gasteiger charge is -2.21. The fourth-order valence-corrected chi connectivity index (χ4v) is 4.91. The average Bonchev–Trinajstić information content (AvgIpc) is 3.26. The summed E-state index contributed by atoms with van der Waals surface area (Å²) in [6, 6.07) is 5.73. The molecule has 5 rings (SSSR count). The highest BCUT2D eigenvalue weighted by Crippen LogP contribution is 2.52. The van der Waals surface area contributed by atoms with Crippen molar-refractivity contribution in [2.45, 2.75) is 6.42 Å². The topological polar surface area (TPSA) is 40.6 Å². The van der Waals surface area contributed by atoms with Gasteiger partial charge >= 0.3 is 0 Å². The number of imide groups is 1. The fourth-order valence-electron chi connectivity index (χ4n) is 4.91. The molecule has 0 spiro atoms. The number of benzene rings is 1. The van der Waals surface area contributed by atoms with Gasteiger partial charge < -0.3 is 4.90 Å². The van der Waals surface area contributed by atoms with E-state index < -0.39 is 0 Å². The van der Waals surface area contributed by atoms with E-state index in [0.29, 0.717) is 11.1 Å². The minimum atomic E-state index is -0.188. The minimum absolute atomic E-state index is 0.178. The Morgan fingerprint density at radius 1 is 0.955 bits per heavy atom. The maximum Gasteiger partial charge on any atom is 0.261 e. The lowest BCUT2D eigenvalue weighted by Crippen LogP contribution is -2.24. The molecule has 2 aliphatic heterocycles. The molecule has 2 bridgehead atoms. The summed E-state index contributed by atoms with van der Waals surface area (Å²) < 4.78 is 0. The summed E-state index contributed by atoms with van der Waals surface area (Å²) in [7, 11) is 1.55. The monoisotopic (exact) mass is 294 g/mol. The number of hydrogen-bond acceptors (Lipinski definition) is 3. The number of anilines is 1. The lowest BCUT2D eigenvalue weighted by molar-refractivity contribution is 0.0693. The number of carbonyl (C=O) groups is 2. The van der Waals surface area contributed by atoms with Crippen molar-refractivity contribution in [3.8, 4) is 0 Å². The Balaban J connectivity index is 1.47. The molecule has 0 aromatic heterocycles. The quantitative estimate of drug-likeness (QED) is 0.589. The second-order valence-corrected chi connectivity index (χ2v) is 7.08. The highest BCUT2D eigenvalue weighted by Gasteiger charge is 2.49. The molecule has 1 aromatic rings. The van der Waals surface area contributed by atoms with Gasteiger partial charge in [-0.15, -0.1) is 0 Å². The molecule has 0 N–H and O–H groups in total. The van der Waals surface area contributed by atoms with Crippen LogP contribution in [0.2, 0.25) is 0 Å². The van der Waals surface area contributed by atoms with Crippen molar-refractivity contribution in [1.82, 2.24) is 4.90 Å². The van der Waals surface area contributed by atoms with Crippen molar-refractivity contribution in [3.63, 3.8) is 0 Å². The molecule has 112 valence electrons. The van der Waals surface area contributed by atoms with E-state index in [-0.39, 0.29) is 11.8 Å². The Labute approximate surface area is 129 Å². The number of allylic oxidation sites excluding steroid dienone is 2. The molecule has 4 heteroatoms. The first-order valence-corrected chi connectivity index (χ1v) is 8.03. The molecule has 2 fully saturated rings. The smallest absolute Gasteiger partial charge is 0.261 e. The van der Waals surface area contributed by atoms with Crippen LogP contribution in [0.25, 0.3) is 0 Å². The number of fused-ring (bicyclic) bond motifs is 6. The Bertz CT molecular complexity index is 719. The van der Waals surface area contributed by atoms with Crippen LogP contribution in [0.4, 0.5) is 5.69 Å². The minimum Gasteiger partial charge on any atom is -0.371 e. The first-order chi connectivity index (χ1) is 10.6. The van der Waals surface area contributed by atoms with Gasteiger partial charge in [0, 0.05) is 25.8 Å². The van der Waals surface area contributed by atoms with Crippen LogP contribution in [0.3, 0.4) is 0 Å². The highest BCUT2D eigenvalue weighted by molar-refractivity contribution is 6.21. The molecule has 4 nitrogen and oxygen atoms in total.